The zero-order chi connectivity index (χ0) is 13.1. The van der Waals surface area contributed by atoms with Gasteiger partial charge in [0, 0.05) is 6.20 Å². The molecule has 4 bridgehead atoms. The number of carboxylic acids is 1. The topological polar surface area (TPSA) is 55.1 Å². The Morgan fingerprint density at radius 1 is 1.21 bits per heavy atom. The molecular formula is C15H20N2O2. The second-order valence-electron chi connectivity index (χ2n) is 6.83. The van der Waals surface area contributed by atoms with E-state index in [1.807, 2.05) is 4.68 Å². The SMILES string of the molecule is Cc1nn(C2C3CC4CC(C3)CC2C4)cc1C(=O)O. The number of nitrogens with zero attached hydrogens (tertiary/aromatic N) is 2. The maximum Gasteiger partial charge on any atom is 0.339 e. The van der Waals surface area contributed by atoms with Crippen LogP contribution in [-0.4, -0.2) is 20.9 Å². The molecule has 4 heteroatoms. The van der Waals surface area contributed by atoms with E-state index in [4.69, 9.17) is 0 Å². The fraction of sp³-hybridized carbons (Fsp3) is 0.733. The van der Waals surface area contributed by atoms with Gasteiger partial charge < -0.3 is 5.11 Å². The Bertz CT molecular complexity index is 506. The van der Waals surface area contributed by atoms with Crippen molar-refractivity contribution in [1.82, 2.24) is 9.78 Å². The third kappa shape index (κ3) is 1.65. The monoisotopic (exact) mass is 260 g/mol. The van der Waals surface area contributed by atoms with E-state index in [1.165, 1.54) is 32.1 Å². The first kappa shape index (κ1) is 11.5. The first-order valence-electron chi connectivity index (χ1n) is 7.41. The van der Waals surface area contributed by atoms with Gasteiger partial charge in [0.2, 0.25) is 0 Å². The van der Waals surface area contributed by atoms with Crippen molar-refractivity contribution in [3.05, 3.63) is 17.5 Å². The summed E-state index contributed by atoms with van der Waals surface area (Å²) in [6.07, 6.45) is 8.54. The lowest BCUT2D eigenvalue weighted by atomic mass is 9.54. The highest BCUT2D eigenvalue weighted by Crippen LogP contribution is 2.58. The van der Waals surface area contributed by atoms with Crippen LogP contribution in [0.1, 0.15) is 54.2 Å². The zero-order valence-electron chi connectivity index (χ0n) is 11.2. The van der Waals surface area contributed by atoms with E-state index in [9.17, 15) is 9.90 Å². The van der Waals surface area contributed by atoms with Gasteiger partial charge in [-0.2, -0.15) is 5.10 Å². The van der Waals surface area contributed by atoms with Crippen molar-refractivity contribution >= 4 is 5.97 Å². The van der Waals surface area contributed by atoms with Crippen LogP contribution in [0.3, 0.4) is 0 Å². The number of hydrogen-bond donors (Lipinski definition) is 1. The van der Waals surface area contributed by atoms with Crippen LogP contribution < -0.4 is 0 Å². The highest BCUT2D eigenvalue weighted by molar-refractivity contribution is 5.88. The maximum atomic E-state index is 11.2. The van der Waals surface area contributed by atoms with Crippen LogP contribution in [0.4, 0.5) is 0 Å². The first-order chi connectivity index (χ1) is 9.11. The molecular weight excluding hydrogens is 240 g/mol. The maximum absolute atomic E-state index is 11.2. The molecule has 1 N–H and O–H groups in total. The molecule has 5 rings (SSSR count). The van der Waals surface area contributed by atoms with Gasteiger partial charge >= 0.3 is 5.97 Å². The number of carboxylic acid groups (broad SMARTS) is 1. The molecule has 0 amide bonds. The van der Waals surface area contributed by atoms with Crippen LogP contribution in [0.15, 0.2) is 6.20 Å². The van der Waals surface area contributed by atoms with E-state index in [0.29, 0.717) is 17.3 Å². The summed E-state index contributed by atoms with van der Waals surface area (Å²) in [6.45, 7) is 1.80. The van der Waals surface area contributed by atoms with Gasteiger partial charge in [0.15, 0.2) is 0 Å². The number of carbonyl (C=O) groups is 1. The molecule has 4 fully saturated rings. The molecule has 0 spiro atoms. The fourth-order valence-corrected chi connectivity index (χ4v) is 5.17. The van der Waals surface area contributed by atoms with Crippen LogP contribution in [0.2, 0.25) is 0 Å². The summed E-state index contributed by atoms with van der Waals surface area (Å²) in [5.41, 5.74) is 1.02. The molecule has 1 heterocycles. The van der Waals surface area contributed by atoms with E-state index in [2.05, 4.69) is 5.10 Å². The molecule has 0 aliphatic heterocycles. The molecule has 0 saturated heterocycles. The van der Waals surface area contributed by atoms with Crippen molar-refractivity contribution in [3.8, 4) is 0 Å². The van der Waals surface area contributed by atoms with Gasteiger partial charge in [0.05, 0.1) is 11.7 Å². The van der Waals surface area contributed by atoms with Gasteiger partial charge in [-0.1, -0.05) is 0 Å². The van der Waals surface area contributed by atoms with Gasteiger partial charge in [-0.3, -0.25) is 4.68 Å². The lowest BCUT2D eigenvalue weighted by Crippen LogP contribution is -2.46. The lowest BCUT2D eigenvalue weighted by molar-refractivity contribution is -0.0337. The van der Waals surface area contributed by atoms with Crippen molar-refractivity contribution in [2.24, 2.45) is 23.7 Å². The summed E-state index contributed by atoms with van der Waals surface area (Å²) < 4.78 is 1.99. The zero-order valence-corrected chi connectivity index (χ0v) is 11.2. The van der Waals surface area contributed by atoms with E-state index in [0.717, 1.165) is 23.7 Å². The summed E-state index contributed by atoms with van der Waals surface area (Å²) in [6, 6.07) is 0.458. The first-order valence-corrected chi connectivity index (χ1v) is 7.41. The minimum Gasteiger partial charge on any atom is -0.478 e. The molecule has 0 unspecified atom stereocenters. The fourth-order valence-electron chi connectivity index (χ4n) is 5.17. The molecule has 4 saturated carbocycles. The van der Waals surface area contributed by atoms with Crippen LogP contribution in [0.25, 0.3) is 0 Å². The van der Waals surface area contributed by atoms with Crippen molar-refractivity contribution in [2.45, 2.75) is 45.1 Å². The molecule has 1 aromatic heterocycles. The van der Waals surface area contributed by atoms with Crippen molar-refractivity contribution in [3.63, 3.8) is 0 Å². The second-order valence-corrected chi connectivity index (χ2v) is 6.83. The highest BCUT2D eigenvalue weighted by atomic mass is 16.4. The Kier molecular flexibility index (Phi) is 2.32. The third-order valence-electron chi connectivity index (χ3n) is 5.63. The van der Waals surface area contributed by atoms with Gasteiger partial charge in [-0.25, -0.2) is 4.79 Å². The van der Waals surface area contributed by atoms with E-state index in [1.54, 1.807) is 13.1 Å². The Labute approximate surface area is 112 Å². The predicted octanol–water partition coefficient (Wildman–Crippen LogP) is 2.89. The normalized spacial score (nSPS) is 39.7. The van der Waals surface area contributed by atoms with Crippen LogP contribution in [-0.2, 0) is 0 Å². The van der Waals surface area contributed by atoms with Crippen molar-refractivity contribution in [1.29, 1.82) is 0 Å². The molecule has 0 atom stereocenters. The molecule has 4 aliphatic carbocycles. The number of hydrogen-bond acceptors (Lipinski definition) is 2. The third-order valence-corrected chi connectivity index (χ3v) is 5.63. The van der Waals surface area contributed by atoms with Gasteiger partial charge in [-0.05, 0) is 62.7 Å². The molecule has 19 heavy (non-hydrogen) atoms. The summed E-state index contributed by atoms with van der Waals surface area (Å²) in [5, 5.41) is 13.7. The quantitative estimate of drug-likeness (QED) is 0.889. The number of aromatic carboxylic acids is 1. The molecule has 0 radical (unpaired) electrons. The van der Waals surface area contributed by atoms with E-state index >= 15 is 0 Å². The summed E-state index contributed by atoms with van der Waals surface area (Å²) in [4.78, 5) is 11.2. The molecule has 4 nitrogen and oxygen atoms in total. The Morgan fingerprint density at radius 3 is 2.26 bits per heavy atom. The predicted molar refractivity (Wildman–Crippen MR) is 70.0 cm³/mol. The van der Waals surface area contributed by atoms with Crippen LogP contribution >= 0.6 is 0 Å². The lowest BCUT2D eigenvalue weighted by Gasteiger charge is -2.54. The van der Waals surface area contributed by atoms with Crippen LogP contribution in [0, 0.1) is 30.6 Å². The summed E-state index contributed by atoms with van der Waals surface area (Å²) in [7, 11) is 0. The standard InChI is InChI=1S/C15H20N2O2/c1-8-13(15(18)19)7-17(16-8)14-11-3-9-2-10(5-11)6-12(14)4-9/h7,9-12,14H,2-6H2,1H3,(H,18,19). The van der Waals surface area contributed by atoms with Gasteiger partial charge in [0.25, 0.3) is 0 Å². The largest absolute Gasteiger partial charge is 0.478 e. The minimum absolute atomic E-state index is 0.369. The van der Waals surface area contributed by atoms with Gasteiger partial charge in [-0.15, -0.1) is 0 Å². The molecule has 1 aromatic rings. The molecule has 0 aromatic carbocycles. The van der Waals surface area contributed by atoms with Crippen LogP contribution in [0.5, 0.6) is 0 Å². The van der Waals surface area contributed by atoms with Crippen molar-refractivity contribution < 1.29 is 9.90 Å². The summed E-state index contributed by atoms with van der Waals surface area (Å²) >= 11 is 0. The smallest absolute Gasteiger partial charge is 0.339 e. The number of aromatic nitrogens is 2. The Morgan fingerprint density at radius 2 is 1.79 bits per heavy atom. The number of rotatable bonds is 2. The number of aryl methyl sites for hydroxylation is 1. The average Bonchev–Trinajstić information content (AvgIpc) is 2.69. The highest BCUT2D eigenvalue weighted by Gasteiger charge is 2.49. The van der Waals surface area contributed by atoms with E-state index < -0.39 is 5.97 Å². The van der Waals surface area contributed by atoms with Gasteiger partial charge in [0.1, 0.15) is 5.56 Å². The Balaban J connectivity index is 1.69. The Hall–Kier alpha value is -1.32. The molecule has 4 aliphatic rings. The molecule has 102 valence electrons. The van der Waals surface area contributed by atoms with Crippen molar-refractivity contribution in [2.75, 3.05) is 0 Å². The second kappa shape index (κ2) is 3.84. The average molecular weight is 260 g/mol. The minimum atomic E-state index is -0.854. The van der Waals surface area contributed by atoms with E-state index in [-0.39, 0.29) is 0 Å². The summed E-state index contributed by atoms with van der Waals surface area (Å²) in [5.74, 6) is 2.49.